The first-order valence-corrected chi connectivity index (χ1v) is 9.62. The first-order valence-electron chi connectivity index (χ1n) is 8.86. The van der Waals surface area contributed by atoms with Crippen LogP contribution in [0.4, 0.5) is 10.1 Å². The fourth-order valence-electron chi connectivity index (χ4n) is 2.60. The van der Waals surface area contributed by atoms with Crippen LogP contribution < -0.4 is 14.8 Å². The summed E-state index contributed by atoms with van der Waals surface area (Å²) in [6.07, 6.45) is 0. The van der Waals surface area contributed by atoms with E-state index in [0.29, 0.717) is 39.9 Å². The Morgan fingerprint density at radius 3 is 2.45 bits per heavy atom. The van der Waals surface area contributed by atoms with Crippen LogP contribution in [-0.2, 0) is 6.61 Å². The zero-order chi connectivity index (χ0) is 20.8. The monoisotopic (exact) mass is 433 g/mol. The van der Waals surface area contributed by atoms with Gasteiger partial charge in [0.2, 0.25) is 0 Å². The van der Waals surface area contributed by atoms with E-state index in [0.717, 1.165) is 0 Å². The van der Waals surface area contributed by atoms with Gasteiger partial charge in [-0.3, -0.25) is 4.79 Å². The van der Waals surface area contributed by atoms with Gasteiger partial charge in [0, 0.05) is 21.8 Å². The Bertz CT molecular complexity index is 1010. The number of nitrogens with one attached hydrogen (secondary N) is 1. The van der Waals surface area contributed by atoms with E-state index in [4.69, 9.17) is 32.7 Å². The molecule has 0 aliphatic carbocycles. The molecule has 1 N–H and O–H groups in total. The molecule has 0 unspecified atom stereocenters. The molecule has 0 aliphatic heterocycles. The van der Waals surface area contributed by atoms with Crippen molar-refractivity contribution in [3.63, 3.8) is 0 Å². The van der Waals surface area contributed by atoms with Gasteiger partial charge in [0.25, 0.3) is 5.91 Å². The first-order chi connectivity index (χ1) is 14.0. The van der Waals surface area contributed by atoms with Crippen molar-refractivity contribution >= 4 is 34.8 Å². The van der Waals surface area contributed by atoms with Crippen LogP contribution in [0.1, 0.15) is 22.8 Å². The summed E-state index contributed by atoms with van der Waals surface area (Å²) in [5.74, 6) is 0.367. The highest BCUT2D eigenvalue weighted by Crippen LogP contribution is 2.25. The van der Waals surface area contributed by atoms with Crippen molar-refractivity contribution < 1.29 is 18.7 Å². The zero-order valence-corrected chi connectivity index (χ0v) is 17.1. The molecule has 7 heteroatoms. The van der Waals surface area contributed by atoms with Crippen LogP contribution in [0.2, 0.25) is 10.0 Å². The Kier molecular flexibility index (Phi) is 6.96. The SMILES string of the molecule is CCOc1ccc(C(=O)Nc2ccc(F)c(Cl)c2)cc1COc1ccc(Cl)cc1. The van der Waals surface area contributed by atoms with Gasteiger partial charge in [-0.1, -0.05) is 23.2 Å². The van der Waals surface area contributed by atoms with Crippen molar-refractivity contribution in [3.8, 4) is 11.5 Å². The molecule has 0 aromatic heterocycles. The summed E-state index contributed by atoms with van der Waals surface area (Å²) in [5.41, 5.74) is 1.52. The van der Waals surface area contributed by atoms with Crippen LogP contribution in [0.15, 0.2) is 60.7 Å². The summed E-state index contributed by atoms with van der Waals surface area (Å²) in [5, 5.41) is 3.25. The molecule has 0 radical (unpaired) electrons. The molecular weight excluding hydrogens is 416 g/mol. The predicted molar refractivity (Wildman–Crippen MR) is 113 cm³/mol. The molecule has 4 nitrogen and oxygen atoms in total. The summed E-state index contributed by atoms with van der Waals surface area (Å²) < 4.78 is 24.7. The molecule has 1 amide bonds. The zero-order valence-electron chi connectivity index (χ0n) is 15.5. The lowest BCUT2D eigenvalue weighted by Crippen LogP contribution is -2.13. The molecule has 3 rings (SSSR count). The van der Waals surface area contributed by atoms with Gasteiger partial charge in [0.15, 0.2) is 0 Å². The summed E-state index contributed by atoms with van der Waals surface area (Å²) in [7, 11) is 0. The summed E-state index contributed by atoms with van der Waals surface area (Å²) in [4.78, 5) is 12.6. The fraction of sp³-hybridized carbons (Fsp3) is 0.136. The van der Waals surface area contributed by atoms with Gasteiger partial charge in [-0.15, -0.1) is 0 Å². The average Bonchev–Trinajstić information content (AvgIpc) is 2.71. The highest BCUT2D eigenvalue weighted by molar-refractivity contribution is 6.31. The van der Waals surface area contributed by atoms with E-state index in [1.165, 1.54) is 18.2 Å². The molecule has 150 valence electrons. The van der Waals surface area contributed by atoms with Gasteiger partial charge in [0.1, 0.15) is 23.9 Å². The Morgan fingerprint density at radius 2 is 1.76 bits per heavy atom. The number of amides is 1. The van der Waals surface area contributed by atoms with Gasteiger partial charge in [-0.25, -0.2) is 4.39 Å². The molecule has 3 aromatic carbocycles. The van der Waals surface area contributed by atoms with E-state index < -0.39 is 5.82 Å². The highest BCUT2D eigenvalue weighted by Gasteiger charge is 2.13. The van der Waals surface area contributed by atoms with Gasteiger partial charge in [-0.2, -0.15) is 0 Å². The van der Waals surface area contributed by atoms with E-state index in [2.05, 4.69) is 5.32 Å². The summed E-state index contributed by atoms with van der Waals surface area (Å²) in [6, 6.07) is 16.0. The van der Waals surface area contributed by atoms with E-state index in [-0.39, 0.29) is 17.5 Å². The normalized spacial score (nSPS) is 10.5. The number of carbonyl (C=O) groups excluding carboxylic acids is 1. The highest BCUT2D eigenvalue weighted by atomic mass is 35.5. The second-order valence-corrected chi connectivity index (χ2v) is 6.92. The number of anilines is 1. The Hall–Kier alpha value is -2.76. The number of hydrogen-bond acceptors (Lipinski definition) is 3. The quantitative estimate of drug-likeness (QED) is 0.471. The third kappa shape index (κ3) is 5.62. The molecule has 0 aliphatic rings. The molecule has 29 heavy (non-hydrogen) atoms. The lowest BCUT2D eigenvalue weighted by Gasteiger charge is -2.14. The maximum atomic E-state index is 13.3. The third-order valence-electron chi connectivity index (χ3n) is 4.01. The lowest BCUT2D eigenvalue weighted by molar-refractivity contribution is 0.102. The van der Waals surface area contributed by atoms with E-state index in [9.17, 15) is 9.18 Å². The van der Waals surface area contributed by atoms with Crippen LogP contribution in [-0.4, -0.2) is 12.5 Å². The molecular formula is C22H18Cl2FNO3. The second-order valence-electron chi connectivity index (χ2n) is 6.08. The lowest BCUT2D eigenvalue weighted by atomic mass is 10.1. The molecule has 3 aromatic rings. The van der Waals surface area contributed by atoms with Gasteiger partial charge in [0.05, 0.1) is 11.6 Å². The number of hydrogen-bond donors (Lipinski definition) is 1. The molecule has 0 saturated carbocycles. The van der Waals surface area contributed by atoms with Gasteiger partial charge in [-0.05, 0) is 67.6 Å². The average molecular weight is 434 g/mol. The van der Waals surface area contributed by atoms with Crippen molar-refractivity contribution in [2.24, 2.45) is 0 Å². The molecule has 0 bridgehead atoms. The van der Waals surface area contributed by atoms with Crippen LogP contribution >= 0.6 is 23.2 Å². The second kappa shape index (κ2) is 9.63. The van der Waals surface area contributed by atoms with Crippen LogP contribution in [0.5, 0.6) is 11.5 Å². The first kappa shape index (κ1) is 21.0. The topological polar surface area (TPSA) is 47.6 Å². The third-order valence-corrected chi connectivity index (χ3v) is 4.55. The number of rotatable bonds is 7. The molecule has 0 heterocycles. The number of ether oxygens (including phenoxy) is 2. The number of carbonyl (C=O) groups is 1. The summed E-state index contributed by atoms with van der Waals surface area (Å²) in [6.45, 7) is 2.57. The van der Waals surface area contributed by atoms with E-state index in [1.54, 1.807) is 42.5 Å². The Morgan fingerprint density at radius 1 is 1.00 bits per heavy atom. The van der Waals surface area contributed by atoms with Crippen molar-refractivity contribution in [1.82, 2.24) is 0 Å². The largest absolute Gasteiger partial charge is 0.493 e. The minimum Gasteiger partial charge on any atom is -0.493 e. The fourth-order valence-corrected chi connectivity index (χ4v) is 2.91. The summed E-state index contributed by atoms with van der Waals surface area (Å²) >= 11 is 11.7. The molecule has 0 atom stereocenters. The molecule has 0 spiro atoms. The number of benzene rings is 3. The van der Waals surface area contributed by atoms with Gasteiger partial charge < -0.3 is 14.8 Å². The van der Waals surface area contributed by atoms with Crippen LogP contribution in [0.3, 0.4) is 0 Å². The minimum atomic E-state index is -0.549. The van der Waals surface area contributed by atoms with Crippen molar-refractivity contribution in [3.05, 3.63) is 87.7 Å². The number of halogens is 3. The van der Waals surface area contributed by atoms with E-state index >= 15 is 0 Å². The van der Waals surface area contributed by atoms with Crippen molar-refractivity contribution in [1.29, 1.82) is 0 Å². The van der Waals surface area contributed by atoms with Crippen LogP contribution in [0.25, 0.3) is 0 Å². The van der Waals surface area contributed by atoms with E-state index in [1.807, 2.05) is 6.92 Å². The molecule has 0 fully saturated rings. The van der Waals surface area contributed by atoms with Gasteiger partial charge >= 0.3 is 0 Å². The van der Waals surface area contributed by atoms with Crippen molar-refractivity contribution in [2.75, 3.05) is 11.9 Å². The molecule has 0 saturated heterocycles. The Balaban J connectivity index is 1.78. The Labute approximate surface area is 178 Å². The van der Waals surface area contributed by atoms with Crippen molar-refractivity contribution in [2.45, 2.75) is 13.5 Å². The maximum absolute atomic E-state index is 13.3. The standard InChI is InChI=1S/C22H18Cl2FNO3/c1-2-28-21-10-3-14(22(27)26-17-6-9-20(25)19(24)12-17)11-15(21)13-29-18-7-4-16(23)5-8-18/h3-12H,2,13H2,1H3,(H,26,27). The predicted octanol–water partition coefficient (Wildman–Crippen LogP) is 6.36. The maximum Gasteiger partial charge on any atom is 0.255 e. The smallest absolute Gasteiger partial charge is 0.255 e. The van der Waals surface area contributed by atoms with Crippen LogP contribution in [0, 0.1) is 5.82 Å². The minimum absolute atomic E-state index is 0.0634.